The van der Waals surface area contributed by atoms with Crippen LogP contribution < -0.4 is 5.32 Å². The first kappa shape index (κ1) is 15.0. The Kier molecular flexibility index (Phi) is 5.32. The van der Waals surface area contributed by atoms with Crippen molar-refractivity contribution in [2.75, 3.05) is 12.4 Å². The summed E-state index contributed by atoms with van der Waals surface area (Å²) in [4.78, 5) is 15.6. The number of nitrogens with zero attached hydrogens (tertiary/aromatic N) is 1. The number of methoxy groups -OCH3 is 1. The molecule has 0 amide bonds. The summed E-state index contributed by atoms with van der Waals surface area (Å²) in [5, 5.41) is 3.31. The Labute approximate surface area is 125 Å². The van der Waals surface area contributed by atoms with Gasteiger partial charge in [-0.3, -0.25) is 4.98 Å². The second-order valence-electron chi connectivity index (χ2n) is 4.83. The summed E-state index contributed by atoms with van der Waals surface area (Å²) >= 11 is 0. The van der Waals surface area contributed by atoms with Gasteiger partial charge in [-0.2, -0.15) is 0 Å². The SMILES string of the molecule is CCCc1ccc(NCc2ccc(C(=O)OC)cn2)cc1. The maximum Gasteiger partial charge on any atom is 0.339 e. The predicted molar refractivity (Wildman–Crippen MR) is 83.3 cm³/mol. The van der Waals surface area contributed by atoms with Gasteiger partial charge in [-0.05, 0) is 36.2 Å². The van der Waals surface area contributed by atoms with Crippen LogP contribution >= 0.6 is 0 Å². The highest BCUT2D eigenvalue weighted by Crippen LogP contribution is 2.12. The van der Waals surface area contributed by atoms with E-state index in [0.717, 1.165) is 24.2 Å². The Hall–Kier alpha value is -2.36. The summed E-state index contributed by atoms with van der Waals surface area (Å²) in [5.41, 5.74) is 3.75. The van der Waals surface area contributed by atoms with Gasteiger partial charge in [0.15, 0.2) is 0 Å². The van der Waals surface area contributed by atoms with Crippen LogP contribution in [0, 0.1) is 0 Å². The molecule has 0 saturated heterocycles. The van der Waals surface area contributed by atoms with E-state index in [1.807, 2.05) is 6.07 Å². The molecular formula is C17H20N2O2. The van der Waals surface area contributed by atoms with Crippen LogP contribution in [-0.2, 0) is 17.7 Å². The lowest BCUT2D eigenvalue weighted by Gasteiger charge is -2.07. The Balaban J connectivity index is 1.91. The molecule has 4 heteroatoms. The zero-order valence-corrected chi connectivity index (χ0v) is 12.4. The molecular weight excluding hydrogens is 264 g/mol. The number of nitrogens with one attached hydrogen (secondary N) is 1. The number of benzene rings is 1. The monoisotopic (exact) mass is 284 g/mol. The summed E-state index contributed by atoms with van der Waals surface area (Å²) in [6.45, 7) is 2.80. The first-order valence-electron chi connectivity index (χ1n) is 7.09. The van der Waals surface area contributed by atoms with E-state index in [1.165, 1.54) is 18.9 Å². The molecule has 4 nitrogen and oxygen atoms in total. The number of pyridine rings is 1. The van der Waals surface area contributed by atoms with Crippen LogP contribution in [0.2, 0.25) is 0 Å². The number of carbonyl (C=O) groups is 1. The lowest BCUT2D eigenvalue weighted by atomic mass is 10.1. The van der Waals surface area contributed by atoms with E-state index in [9.17, 15) is 4.79 Å². The summed E-state index contributed by atoms with van der Waals surface area (Å²) in [5.74, 6) is -0.367. The molecule has 2 rings (SSSR count). The Morgan fingerprint density at radius 2 is 1.95 bits per heavy atom. The van der Waals surface area contributed by atoms with Crippen LogP contribution in [0.5, 0.6) is 0 Å². The van der Waals surface area contributed by atoms with Crippen molar-refractivity contribution in [3.05, 3.63) is 59.4 Å². The lowest BCUT2D eigenvalue weighted by Crippen LogP contribution is -2.05. The fraction of sp³-hybridized carbons (Fsp3) is 0.294. The van der Waals surface area contributed by atoms with Crippen LogP contribution in [0.3, 0.4) is 0 Å². The molecule has 0 aliphatic carbocycles. The molecule has 1 heterocycles. The zero-order chi connectivity index (χ0) is 15.1. The molecule has 1 aromatic carbocycles. The number of rotatable bonds is 6. The van der Waals surface area contributed by atoms with E-state index in [2.05, 4.69) is 46.2 Å². The van der Waals surface area contributed by atoms with Crippen molar-refractivity contribution in [2.24, 2.45) is 0 Å². The molecule has 0 bridgehead atoms. The van der Waals surface area contributed by atoms with Gasteiger partial charge in [0.25, 0.3) is 0 Å². The third kappa shape index (κ3) is 4.31. The van der Waals surface area contributed by atoms with Gasteiger partial charge >= 0.3 is 5.97 Å². The number of anilines is 1. The smallest absolute Gasteiger partial charge is 0.339 e. The largest absolute Gasteiger partial charge is 0.465 e. The number of hydrogen-bond acceptors (Lipinski definition) is 4. The Morgan fingerprint density at radius 1 is 1.19 bits per heavy atom. The normalized spacial score (nSPS) is 10.2. The van der Waals surface area contributed by atoms with E-state index >= 15 is 0 Å². The number of esters is 1. The fourth-order valence-electron chi connectivity index (χ4n) is 2.04. The molecule has 21 heavy (non-hydrogen) atoms. The van der Waals surface area contributed by atoms with E-state index in [1.54, 1.807) is 6.07 Å². The Morgan fingerprint density at radius 3 is 2.52 bits per heavy atom. The average Bonchev–Trinajstić information content (AvgIpc) is 2.54. The zero-order valence-electron chi connectivity index (χ0n) is 12.4. The minimum Gasteiger partial charge on any atom is -0.465 e. The molecule has 0 atom stereocenters. The summed E-state index contributed by atoms with van der Waals surface area (Å²) in [7, 11) is 1.36. The van der Waals surface area contributed by atoms with E-state index in [0.29, 0.717) is 12.1 Å². The maximum absolute atomic E-state index is 11.3. The van der Waals surface area contributed by atoms with E-state index in [4.69, 9.17) is 0 Å². The minimum atomic E-state index is -0.367. The number of carbonyl (C=O) groups excluding carboxylic acids is 1. The van der Waals surface area contributed by atoms with Crippen molar-refractivity contribution in [2.45, 2.75) is 26.3 Å². The van der Waals surface area contributed by atoms with Gasteiger partial charge in [0.05, 0.1) is 24.9 Å². The molecule has 0 saturated carbocycles. The number of aromatic nitrogens is 1. The molecule has 0 fully saturated rings. The van der Waals surface area contributed by atoms with Gasteiger partial charge in [-0.15, -0.1) is 0 Å². The molecule has 110 valence electrons. The van der Waals surface area contributed by atoms with Crippen LogP contribution in [0.4, 0.5) is 5.69 Å². The van der Waals surface area contributed by atoms with Crippen molar-refractivity contribution < 1.29 is 9.53 Å². The first-order chi connectivity index (χ1) is 10.2. The van der Waals surface area contributed by atoms with Crippen LogP contribution in [0.15, 0.2) is 42.6 Å². The minimum absolute atomic E-state index is 0.367. The highest BCUT2D eigenvalue weighted by Gasteiger charge is 2.05. The van der Waals surface area contributed by atoms with Gasteiger partial charge in [-0.25, -0.2) is 4.79 Å². The molecule has 0 spiro atoms. The lowest BCUT2D eigenvalue weighted by molar-refractivity contribution is 0.0600. The first-order valence-corrected chi connectivity index (χ1v) is 7.09. The van der Waals surface area contributed by atoms with E-state index < -0.39 is 0 Å². The van der Waals surface area contributed by atoms with Crippen molar-refractivity contribution in [3.8, 4) is 0 Å². The van der Waals surface area contributed by atoms with E-state index in [-0.39, 0.29) is 5.97 Å². The van der Waals surface area contributed by atoms with Crippen molar-refractivity contribution in [3.63, 3.8) is 0 Å². The average molecular weight is 284 g/mol. The van der Waals surface area contributed by atoms with Crippen LogP contribution in [0.1, 0.15) is 35.0 Å². The number of aryl methyl sites for hydroxylation is 1. The molecule has 0 unspecified atom stereocenters. The third-order valence-electron chi connectivity index (χ3n) is 3.21. The Bertz CT molecular complexity index is 577. The molecule has 0 radical (unpaired) electrons. The molecule has 0 aliphatic heterocycles. The standard InChI is InChI=1S/C17H20N2O2/c1-3-4-13-5-8-15(9-6-13)19-12-16-10-7-14(11-18-16)17(20)21-2/h5-11,19H,3-4,12H2,1-2H3. The molecule has 2 aromatic rings. The number of hydrogen-bond donors (Lipinski definition) is 1. The fourth-order valence-corrected chi connectivity index (χ4v) is 2.04. The molecule has 0 aliphatic rings. The highest BCUT2D eigenvalue weighted by molar-refractivity contribution is 5.88. The summed E-state index contributed by atoms with van der Waals surface area (Å²) < 4.78 is 4.64. The third-order valence-corrected chi connectivity index (χ3v) is 3.21. The van der Waals surface area contributed by atoms with Gasteiger partial charge in [-0.1, -0.05) is 25.5 Å². The summed E-state index contributed by atoms with van der Waals surface area (Å²) in [6, 6.07) is 12.0. The van der Waals surface area contributed by atoms with Crippen LogP contribution in [0.25, 0.3) is 0 Å². The van der Waals surface area contributed by atoms with Gasteiger partial charge in [0.1, 0.15) is 0 Å². The van der Waals surface area contributed by atoms with Gasteiger partial charge in [0, 0.05) is 11.9 Å². The van der Waals surface area contributed by atoms with Crippen molar-refractivity contribution in [1.29, 1.82) is 0 Å². The van der Waals surface area contributed by atoms with Gasteiger partial charge < -0.3 is 10.1 Å². The van der Waals surface area contributed by atoms with Gasteiger partial charge in [0.2, 0.25) is 0 Å². The predicted octanol–water partition coefficient (Wildman–Crippen LogP) is 3.43. The summed E-state index contributed by atoms with van der Waals surface area (Å²) in [6.07, 6.45) is 3.80. The quantitative estimate of drug-likeness (QED) is 0.826. The number of ether oxygens (including phenoxy) is 1. The molecule has 1 aromatic heterocycles. The molecule has 1 N–H and O–H groups in total. The second-order valence-corrected chi connectivity index (χ2v) is 4.83. The second kappa shape index (κ2) is 7.43. The van der Waals surface area contributed by atoms with Crippen molar-refractivity contribution in [1.82, 2.24) is 4.98 Å². The topological polar surface area (TPSA) is 51.2 Å². The van der Waals surface area contributed by atoms with Crippen molar-refractivity contribution >= 4 is 11.7 Å². The highest BCUT2D eigenvalue weighted by atomic mass is 16.5. The van der Waals surface area contributed by atoms with Crippen LogP contribution in [-0.4, -0.2) is 18.1 Å². The maximum atomic E-state index is 11.3.